The first-order chi connectivity index (χ1) is 15.8. The zero-order valence-electron chi connectivity index (χ0n) is 18.3. The van der Waals surface area contributed by atoms with E-state index in [0.717, 1.165) is 34.0 Å². The molecule has 1 aromatic heterocycles. The first-order valence-electron chi connectivity index (χ1n) is 10.4. The number of benzene rings is 2. The molecular formula is C23H24ClFN2O4S2. The van der Waals surface area contributed by atoms with Gasteiger partial charge in [-0.05, 0) is 37.1 Å². The molecule has 10 heteroatoms. The minimum atomic E-state index is -3.57. The highest BCUT2D eigenvalue weighted by molar-refractivity contribution is 7.92. The third kappa shape index (κ3) is 5.10. The third-order valence-electron chi connectivity index (χ3n) is 5.78. The van der Waals surface area contributed by atoms with Crippen molar-refractivity contribution in [1.82, 2.24) is 4.98 Å². The summed E-state index contributed by atoms with van der Waals surface area (Å²) in [6, 6.07) is 9.28. The molecule has 0 radical (unpaired) electrons. The Morgan fingerprint density at radius 2 is 1.91 bits per heavy atom. The van der Waals surface area contributed by atoms with E-state index in [4.69, 9.17) is 26.1 Å². The largest absolute Gasteiger partial charge is 0.497 e. The molecular weight excluding hydrogens is 487 g/mol. The highest BCUT2D eigenvalue weighted by Gasteiger charge is 2.32. The Morgan fingerprint density at radius 3 is 2.58 bits per heavy atom. The van der Waals surface area contributed by atoms with Gasteiger partial charge in [-0.3, -0.25) is 0 Å². The van der Waals surface area contributed by atoms with Crippen LogP contribution in [0.1, 0.15) is 24.1 Å². The fourth-order valence-corrected chi connectivity index (χ4v) is 6.80. The summed E-state index contributed by atoms with van der Waals surface area (Å²) in [5.74, 6) is 0.850. The van der Waals surface area contributed by atoms with Gasteiger partial charge in [0.15, 0.2) is 15.0 Å². The first kappa shape index (κ1) is 23.8. The minimum Gasteiger partial charge on any atom is -0.497 e. The van der Waals surface area contributed by atoms with Crippen LogP contribution in [0.25, 0.3) is 0 Å². The van der Waals surface area contributed by atoms with Gasteiger partial charge in [-0.15, -0.1) is 11.3 Å². The molecule has 3 aromatic rings. The zero-order valence-corrected chi connectivity index (χ0v) is 20.6. The quantitative estimate of drug-likeness (QED) is 0.417. The van der Waals surface area contributed by atoms with Crippen LogP contribution in [0.2, 0.25) is 5.02 Å². The van der Waals surface area contributed by atoms with Gasteiger partial charge in [-0.25, -0.2) is 17.8 Å². The Hall–Kier alpha value is -2.36. The summed E-state index contributed by atoms with van der Waals surface area (Å²) < 4.78 is 50.1. The molecule has 1 aliphatic heterocycles. The summed E-state index contributed by atoms with van der Waals surface area (Å²) >= 11 is 7.33. The highest BCUT2D eigenvalue weighted by atomic mass is 35.5. The van der Waals surface area contributed by atoms with Crippen LogP contribution in [0, 0.1) is 5.82 Å². The second-order valence-electron chi connectivity index (χ2n) is 7.78. The van der Waals surface area contributed by atoms with E-state index in [-0.39, 0.29) is 9.92 Å². The molecule has 1 saturated heterocycles. The number of hydrogen-bond acceptors (Lipinski definition) is 7. The predicted molar refractivity (Wildman–Crippen MR) is 128 cm³/mol. The van der Waals surface area contributed by atoms with Gasteiger partial charge in [-0.2, -0.15) is 0 Å². The van der Waals surface area contributed by atoms with Gasteiger partial charge in [0.2, 0.25) is 0 Å². The molecule has 0 unspecified atom stereocenters. The van der Waals surface area contributed by atoms with Gasteiger partial charge in [0, 0.05) is 36.5 Å². The fraction of sp³-hybridized carbons (Fsp3) is 0.348. The summed E-state index contributed by atoms with van der Waals surface area (Å²) in [7, 11) is -0.332. The lowest BCUT2D eigenvalue weighted by Crippen LogP contribution is -2.39. The van der Waals surface area contributed by atoms with Crippen molar-refractivity contribution in [2.24, 2.45) is 0 Å². The predicted octanol–water partition coefficient (Wildman–Crippen LogP) is 4.99. The Balaban J connectivity index is 1.41. The van der Waals surface area contributed by atoms with Gasteiger partial charge < -0.3 is 14.4 Å². The van der Waals surface area contributed by atoms with Crippen molar-refractivity contribution in [3.63, 3.8) is 0 Å². The van der Waals surface area contributed by atoms with E-state index in [0.29, 0.717) is 32.4 Å². The molecule has 0 N–H and O–H groups in total. The van der Waals surface area contributed by atoms with Crippen molar-refractivity contribution >= 4 is 37.9 Å². The molecule has 0 saturated carbocycles. The van der Waals surface area contributed by atoms with Crippen LogP contribution in [0.5, 0.6) is 11.5 Å². The van der Waals surface area contributed by atoms with Crippen molar-refractivity contribution in [2.75, 3.05) is 32.2 Å². The number of hydrogen-bond donors (Lipinski definition) is 0. The molecule has 0 aliphatic carbocycles. The van der Waals surface area contributed by atoms with E-state index in [1.54, 1.807) is 25.6 Å². The number of nitrogens with zero attached hydrogens (tertiary/aromatic N) is 2. The number of sulfone groups is 1. The Labute approximate surface area is 201 Å². The van der Waals surface area contributed by atoms with Crippen molar-refractivity contribution in [2.45, 2.75) is 29.4 Å². The number of rotatable bonds is 7. The monoisotopic (exact) mass is 510 g/mol. The number of methoxy groups -OCH3 is 2. The number of piperidine rings is 1. The van der Waals surface area contributed by atoms with Crippen LogP contribution >= 0.6 is 22.9 Å². The van der Waals surface area contributed by atoms with E-state index >= 15 is 0 Å². The third-order valence-corrected chi connectivity index (χ3v) is 9.28. The Bertz CT molecular complexity index is 1240. The van der Waals surface area contributed by atoms with Gasteiger partial charge in [0.25, 0.3) is 0 Å². The molecule has 33 heavy (non-hydrogen) atoms. The number of thiazole rings is 1. The van der Waals surface area contributed by atoms with Crippen molar-refractivity contribution in [3.05, 3.63) is 63.9 Å². The molecule has 1 aliphatic rings. The van der Waals surface area contributed by atoms with Gasteiger partial charge in [0.1, 0.15) is 17.3 Å². The molecule has 0 atom stereocenters. The van der Waals surface area contributed by atoms with Crippen molar-refractivity contribution < 1.29 is 22.3 Å². The molecule has 0 spiro atoms. The maximum absolute atomic E-state index is 13.4. The summed E-state index contributed by atoms with van der Waals surface area (Å²) in [5, 5.41) is 2.18. The standard InChI is InChI=1S/C23H24ClFN2O4S2/c1-30-17-4-3-15(22(12-17)31-2)11-16-14-32-23(26-16)27-9-7-18(8-10-27)33(28,29)19-5-6-21(25)20(24)13-19/h3-6,12-14,18H,7-11H2,1-2H3. The summed E-state index contributed by atoms with van der Waals surface area (Å²) in [6.07, 6.45) is 1.57. The molecule has 176 valence electrons. The molecule has 0 bridgehead atoms. The van der Waals surface area contributed by atoms with E-state index in [9.17, 15) is 12.8 Å². The minimum absolute atomic E-state index is 0.0670. The lowest BCUT2D eigenvalue weighted by Gasteiger charge is -2.31. The SMILES string of the molecule is COc1ccc(Cc2csc(N3CCC(S(=O)(=O)c4ccc(F)c(Cl)c4)CC3)n2)c(OC)c1. The highest BCUT2D eigenvalue weighted by Crippen LogP contribution is 2.32. The van der Waals surface area contributed by atoms with Gasteiger partial charge in [-0.1, -0.05) is 17.7 Å². The second-order valence-corrected chi connectivity index (χ2v) is 11.3. The fourth-order valence-electron chi connectivity index (χ4n) is 3.92. The summed E-state index contributed by atoms with van der Waals surface area (Å²) in [4.78, 5) is 6.94. The topological polar surface area (TPSA) is 68.7 Å². The molecule has 0 amide bonds. The van der Waals surface area contributed by atoms with Crippen LogP contribution in [-0.4, -0.2) is 46.0 Å². The lowest BCUT2D eigenvalue weighted by atomic mass is 10.1. The van der Waals surface area contributed by atoms with E-state index in [1.165, 1.54) is 12.1 Å². The first-order valence-corrected chi connectivity index (χ1v) is 13.2. The van der Waals surface area contributed by atoms with Crippen LogP contribution in [0.4, 0.5) is 9.52 Å². The van der Waals surface area contributed by atoms with Gasteiger partial charge >= 0.3 is 0 Å². The average molecular weight is 511 g/mol. The van der Waals surface area contributed by atoms with E-state index in [2.05, 4.69) is 4.90 Å². The zero-order chi connectivity index (χ0) is 23.6. The molecule has 4 rings (SSSR count). The molecule has 1 fully saturated rings. The molecule has 2 heterocycles. The van der Waals surface area contributed by atoms with E-state index in [1.807, 2.05) is 23.6 Å². The number of ether oxygens (including phenoxy) is 2. The van der Waals surface area contributed by atoms with Crippen LogP contribution < -0.4 is 14.4 Å². The summed E-state index contributed by atoms with van der Waals surface area (Å²) in [5.41, 5.74) is 1.94. The smallest absolute Gasteiger partial charge is 0.185 e. The number of anilines is 1. The van der Waals surface area contributed by atoms with Crippen molar-refractivity contribution in [3.8, 4) is 11.5 Å². The Kier molecular flexibility index (Phi) is 7.11. The van der Waals surface area contributed by atoms with E-state index < -0.39 is 20.9 Å². The number of halogens is 2. The average Bonchev–Trinajstić information content (AvgIpc) is 3.29. The lowest BCUT2D eigenvalue weighted by molar-refractivity contribution is 0.391. The van der Waals surface area contributed by atoms with Crippen LogP contribution in [0.3, 0.4) is 0 Å². The van der Waals surface area contributed by atoms with Crippen molar-refractivity contribution in [1.29, 1.82) is 0 Å². The molecule has 2 aromatic carbocycles. The van der Waals surface area contributed by atoms with Crippen LogP contribution in [-0.2, 0) is 16.3 Å². The second kappa shape index (κ2) is 9.87. The maximum atomic E-state index is 13.4. The Morgan fingerprint density at radius 1 is 1.15 bits per heavy atom. The van der Waals surface area contributed by atoms with Crippen LogP contribution in [0.15, 0.2) is 46.7 Å². The molecule has 6 nitrogen and oxygen atoms in total. The van der Waals surface area contributed by atoms with Gasteiger partial charge in [0.05, 0.1) is 35.1 Å². The maximum Gasteiger partial charge on any atom is 0.185 e. The summed E-state index contributed by atoms with van der Waals surface area (Å²) in [6.45, 7) is 1.16. The normalized spacial score (nSPS) is 15.0. The number of aromatic nitrogens is 1.